The van der Waals surface area contributed by atoms with Crippen LogP contribution in [-0.2, 0) is 0 Å². The maximum Gasteiger partial charge on any atom is 0.0290 e. The van der Waals surface area contributed by atoms with Crippen molar-refractivity contribution in [2.24, 2.45) is 5.92 Å². The first-order chi connectivity index (χ1) is 4.61. The van der Waals surface area contributed by atoms with E-state index in [1.54, 1.807) is 5.57 Å². The first-order valence-electron chi connectivity index (χ1n) is 4.03. The number of rotatable bonds is 1. The van der Waals surface area contributed by atoms with E-state index in [1.807, 2.05) is 0 Å². The van der Waals surface area contributed by atoms with Crippen LogP contribution in [0.1, 0.15) is 27.2 Å². The number of nitrogens with zero attached hydrogens (tertiary/aromatic N) is 1. The lowest BCUT2D eigenvalue weighted by Gasteiger charge is -2.14. The van der Waals surface area contributed by atoms with Crippen molar-refractivity contribution in [2.45, 2.75) is 33.2 Å². The molecule has 1 aliphatic heterocycles. The first-order valence-corrected chi connectivity index (χ1v) is 4.03. The predicted molar refractivity (Wildman–Crippen MR) is 44.8 cm³/mol. The molecule has 1 rings (SSSR count). The first kappa shape index (κ1) is 7.64. The van der Waals surface area contributed by atoms with Gasteiger partial charge >= 0.3 is 0 Å². The Morgan fingerprint density at radius 3 is 2.40 bits per heavy atom. The summed E-state index contributed by atoms with van der Waals surface area (Å²) in [5, 5.41) is 0. The Hall–Kier alpha value is -0.460. The fourth-order valence-electron chi connectivity index (χ4n) is 1.31. The average Bonchev–Trinajstić information content (AvgIpc) is 2.13. The lowest BCUT2D eigenvalue weighted by Crippen LogP contribution is -2.17. The molecule has 1 heterocycles. The van der Waals surface area contributed by atoms with E-state index in [0.29, 0.717) is 0 Å². The zero-order valence-electron chi connectivity index (χ0n) is 7.39. The van der Waals surface area contributed by atoms with Gasteiger partial charge in [0, 0.05) is 13.1 Å². The van der Waals surface area contributed by atoms with Crippen molar-refractivity contribution in [3.8, 4) is 0 Å². The minimum atomic E-state index is 0.720. The fourth-order valence-corrected chi connectivity index (χ4v) is 1.31. The van der Waals surface area contributed by atoms with Crippen LogP contribution in [0.15, 0.2) is 11.8 Å². The van der Waals surface area contributed by atoms with Crippen molar-refractivity contribution in [2.75, 3.05) is 7.05 Å². The van der Waals surface area contributed by atoms with E-state index in [0.717, 1.165) is 12.0 Å². The predicted octanol–water partition coefficient (Wildman–Crippen LogP) is 2.25. The Morgan fingerprint density at radius 1 is 1.60 bits per heavy atom. The van der Waals surface area contributed by atoms with E-state index >= 15 is 0 Å². The van der Waals surface area contributed by atoms with E-state index in [9.17, 15) is 0 Å². The van der Waals surface area contributed by atoms with Crippen LogP contribution in [0.2, 0.25) is 0 Å². The van der Waals surface area contributed by atoms with Crippen molar-refractivity contribution in [1.29, 1.82) is 0 Å². The van der Waals surface area contributed by atoms with Crippen molar-refractivity contribution >= 4 is 0 Å². The van der Waals surface area contributed by atoms with Gasteiger partial charge in [-0.3, -0.25) is 0 Å². The standard InChI is InChI=1S/C9H17N/c1-7(2)9-5-8(3)10(4)6-9/h6-8H,5H2,1-4H3. The summed E-state index contributed by atoms with van der Waals surface area (Å²) < 4.78 is 0. The maximum atomic E-state index is 2.30. The summed E-state index contributed by atoms with van der Waals surface area (Å²) in [6.07, 6.45) is 3.55. The highest BCUT2D eigenvalue weighted by Gasteiger charge is 2.18. The van der Waals surface area contributed by atoms with E-state index in [-0.39, 0.29) is 0 Å². The van der Waals surface area contributed by atoms with Gasteiger partial charge in [0.25, 0.3) is 0 Å². The number of hydrogen-bond acceptors (Lipinski definition) is 1. The minimum Gasteiger partial charge on any atom is -0.377 e. The smallest absolute Gasteiger partial charge is 0.0290 e. The van der Waals surface area contributed by atoms with Crippen LogP contribution >= 0.6 is 0 Å². The third-order valence-corrected chi connectivity index (χ3v) is 2.34. The van der Waals surface area contributed by atoms with Gasteiger partial charge in [0.15, 0.2) is 0 Å². The Balaban J connectivity index is 2.58. The van der Waals surface area contributed by atoms with E-state index in [2.05, 4.69) is 38.9 Å². The highest BCUT2D eigenvalue weighted by Crippen LogP contribution is 2.24. The molecule has 1 atom stereocenters. The highest BCUT2D eigenvalue weighted by molar-refractivity contribution is 5.12. The normalized spacial score (nSPS) is 25.9. The molecule has 0 aromatic carbocycles. The lowest BCUT2D eigenvalue weighted by atomic mass is 10.0. The molecule has 0 aromatic rings. The Morgan fingerprint density at radius 2 is 2.20 bits per heavy atom. The molecule has 0 amide bonds. The van der Waals surface area contributed by atoms with Crippen molar-refractivity contribution in [3.63, 3.8) is 0 Å². The molecule has 0 N–H and O–H groups in total. The van der Waals surface area contributed by atoms with E-state index in [1.165, 1.54) is 6.42 Å². The molecule has 1 aliphatic rings. The molecule has 58 valence electrons. The summed E-state index contributed by atoms with van der Waals surface area (Å²) in [4.78, 5) is 2.30. The molecule has 0 aromatic heterocycles. The molecule has 1 heteroatoms. The molecule has 0 fully saturated rings. The van der Waals surface area contributed by atoms with Crippen molar-refractivity contribution in [1.82, 2.24) is 4.90 Å². The molecular formula is C9H17N. The van der Waals surface area contributed by atoms with E-state index < -0.39 is 0 Å². The Bertz CT molecular complexity index is 147. The van der Waals surface area contributed by atoms with Gasteiger partial charge < -0.3 is 4.90 Å². The molecular weight excluding hydrogens is 122 g/mol. The van der Waals surface area contributed by atoms with Gasteiger partial charge in [-0.25, -0.2) is 0 Å². The van der Waals surface area contributed by atoms with Crippen LogP contribution < -0.4 is 0 Å². The van der Waals surface area contributed by atoms with Crippen molar-refractivity contribution < 1.29 is 0 Å². The van der Waals surface area contributed by atoms with Crippen LogP contribution in [0.4, 0.5) is 0 Å². The topological polar surface area (TPSA) is 3.24 Å². The second kappa shape index (κ2) is 2.65. The summed E-state index contributed by atoms with van der Waals surface area (Å²) in [6, 6.07) is 0.720. The van der Waals surface area contributed by atoms with Gasteiger partial charge in [0.2, 0.25) is 0 Å². The Kier molecular flexibility index (Phi) is 2.02. The monoisotopic (exact) mass is 139 g/mol. The quantitative estimate of drug-likeness (QED) is 0.538. The van der Waals surface area contributed by atoms with Crippen LogP contribution in [0.25, 0.3) is 0 Å². The summed E-state index contributed by atoms with van der Waals surface area (Å²) in [5.41, 5.74) is 1.59. The zero-order valence-corrected chi connectivity index (χ0v) is 7.39. The van der Waals surface area contributed by atoms with Crippen LogP contribution in [0.5, 0.6) is 0 Å². The van der Waals surface area contributed by atoms with Gasteiger partial charge in [0.1, 0.15) is 0 Å². The van der Waals surface area contributed by atoms with Crippen LogP contribution in [-0.4, -0.2) is 18.0 Å². The SMILES string of the molecule is CC(C)C1=CN(C)C(C)C1. The van der Waals surface area contributed by atoms with E-state index in [4.69, 9.17) is 0 Å². The molecule has 0 spiro atoms. The van der Waals surface area contributed by atoms with Gasteiger partial charge in [-0.1, -0.05) is 13.8 Å². The molecule has 0 bridgehead atoms. The Labute approximate surface area is 63.7 Å². The fraction of sp³-hybridized carbons (Fsp3) is 0.778. The minimum absolute atomic E-state index is 0.720. The second-order valence-electron chi connectivity index (χ2n) is 3.58. The van der Waals surface area contributed by atoms with Gasteiger partial charge in [-0.05, 0) is 31.0 Å². The molecule has 10 heavy (non-hydrogen) atoms. The molecule has 0 saturated carbocycles. The molecule has 1 unspecified atom stereocenters. The van der Waals surface area contributed by atoms with Crippen LogP contribution in [0, 0.1) is 5.92 Å². The largest absolute Gasteiger partial charge is 0.377 e. The van der Waals surface area contributed by atoms with Gasteiger partial charge in [-0.2, -0.15) is 0 Å². The van der Waals surface area contributed by atoms with Gasteiger partial charge in [-0.15, -0.1) is 0 Å². The summed E-state index contributed by atoms with van der Waals surface area (Å²) in [6.45, 7) is 6.79. The van der Waals surface area contributed by atoms with Crippen LogP contribution in [0.3, 0.4) is 0 Å². The number of hydrogen-bond donors (Lipinski definition) is 0. The molecule has 0 radical (unpaired) electrons. The van der Waals surface area contributed by atoms with Crippen molar-refractivity contribution in [3.05, 3.63) is 11.8 Å². The second-order valence-corrected chi connectivity index (χ2v) is 3.58. The summed E-state index contributed by atoms with van der Waals surface area (Å²) in [7, 11) is 2.15. The zero-order chi connectivity index (χ0) is 7.72. The highest BCUT2D eigenvalue weighted by atomic mass is 15.1. The third-order valence-electron chi connectivity index (χ3n) is 2.34. The summed E-state index contributed by atoms with van der Waals surface area (Å²) in [5.74, 6) is 0.729. The lowest BCUT2D eigenvalue weighted by molar-refractivity contribution is 0.381. The molecule has 0 saturated heterocycles. The molecule has 1 nitrogen and oxygen atoms in total. The summed E-state index contributed by atoms with van der Waals surface area (Å²) >= 11 is 0. The van der Waals surface area contributed by atoms with Gasteiger partial charge in [0.05, 0.1) is 0 Å². The average molecular weight is 139 g/mol. The molecule has 0 aliphatic carbocycles. The third kappa shape index (κ3) is 1.34. The maximum absolute atomic E-state index is 2.30.